The van der Waals surface area contributed by atoms with E-state index < -0.39 is 17.5 Å². The number of nitrogens with zero attached hydrogens (tertiary/aromatic N) is 5. The number of rotatable bonds is 7. The second kappa shape index (κ2) is 11.5. The maximum absolute atomic E-state index is 13.6. The van der Waals surface area contributed by atoms with Gasteiger partial charge in [-0.15, -0.1) is 0 Å². The summed E-state index contributed by atoms with van der Waals surface area (Å²) in [6.07, 6.45) is 3.13. The van der Waals surface area contributed by atoms with Gasteiger partial charge in [0.2, 0.25) is 5.69 Å². The molecule has 4 aromatic rings. The SMILES string of the molecule is [C-]#[N+]c1ccc(-c2cnc3c(c2)cc(C(=O)NC(C)c2ccc(F)cc2)c(=O)n3CCN2CCOCC2)nc1. The van der Waals surface area contributed by atoms with Crippen LogP contribution in [0.4, 0.5) is 10.1 Å². The summed E-state index contributed by atoms with van der Waals surface area (Å²) in [5.74, 6) is -0.889. The molecule has 39 heavy (non-hydrogen) atoms. The van der Waals surface area contributed by atoms with Crippen LogP contribution in [0.3, 0.4) is 0 Å². The van der Waals surface area contributed by atoms with Crippen LogP contribution in [0.5, 0.6) is 0 Å². The van der Waals surface area contributed by atoms with Gasteiger partial charge in [-0.05, 0) is 42.8 Å². The highest BCUT2D eigenvalue weighted by Crippen LogP contribution is 2.23. The predicted molar refractivity (Wildman–Crippen MR) is 145 cm³/mol. The number of ether oxygens (including phenoxy) is 1. The number of nitrogens with one attached hydrogen (secondary N) is 1. The molecule has 1 aliphatic heterocycles. The molecule has 1 aliphatic rings. The Labute approximate surface area is 224 Å². The van der Waals surface area contributed by atoms with Gasteiger partial charge in [-0.2, -0.15) is 0 Å². The first-order chi connectivity index (χ1) is 18.9. The predicted octanol–water partition coefficient (Wildman–Crippen LogP) is 3.97. The van der Waals surface area contributed by atoms with Crippen molar-refractivity contribution in [3.05, 3.63) is 99.6 Å². The van der Waals surface area contributed by atoms with Crippen LogP contribution in [0, 0.1) is 12.4 Å². The molecule has 5 rings (SSSR count). The zero-order valence-electron chi connectivity index (χ0n) is 21.4. The summed E-state index contributed by atoms with van der Waals surface area (Å²) in [6.45, 7) is 12.7. The molecule has 1 fully saturated rings. The number of fused-ring (bicyclic) bond motifs is 1. The molecular formula is C29H27FN6O3. The number of carbonyl (C=O) groups excluding carboxylic acids is 1. The van der Waals surface area contributed by atoms with Crippen LogP contribution in [0.2, 0.25) is 0 Å². The summed E-state index contributed by atoms with van der Waals surface area (Å²) in [6, 6.07) is 12.2. The molecule has 1 amide bonds. The van der Waals surface area contributed by atoms with Crippen LogP contribution in [-0.4, -0.2) is 58.2 Å². The zero-order valence-corrected chi connectivity index (χ0v) is 21.4. The maximum atomic E-state index is 13.6. The van der Waals surface area contributed by atoms with Crippen LogP contribution in [0.15, 0.2) is 65.7 Å². The fourth-order valence-electron chi connectivity index (χ4n) is 4.57. The third kappa shape index (κ3) is 5.85. The van der Waals surface area contributed by atoms with E-state index in [2.05, 4.69) is 25.0 Å². The molecular weight excluding hydrogens is 499 g/mol. The molecule has 0 saturated carbocycles. The molecule has 0 aliphatic carbocycles. The van der Waals surface area contributed by atoms with E-state index in [1.807, 2.05) is 6.07 Å². The lowest BCUT2D eigenvalue weighted by Crippen LogP contribution is -2.40. The normalized spacial score (nSPS) is 14.6. The van der Waals surface area contributed by atoms with Crippen molar-refractivity contribution in [2.45, 2.75) is 19.5 Å². The van der Waals surface area contributed by atoms with Crippen molar-refractivity contribution >= 4 is 22.6 Å². The standard InChI is InChI=1S/C29H27FN6O3/c1-19(20-3-5-23(30)6-4-20)34-28(37)25-16-21-15-22(26-8-7-24(31-2)18-32-26)17-33-27(21)36(29(25)38)10-9-35-11-13-39-14-12-35/h3-8,15-19H,9-14H2,1H3,(H,34,37). The van der Waals surface area contributed by atoms with Crippen molar-refractivity contribution in [3.63, 3.8) is 0 Å². The second-order valence-electron chi connectivity index (χ2n) is 9.37. The minimum Gasteiger partial charge on any atom is -0.379 e. The molecule has 1 atom stereocenters. The van der Waals surface area contributed by atoms with Crippen LogP contribution in [0.1, 0.15) is 28.9 Å². The van der Waals surface area contributed by atoms with Gasteiger partial charge in [0.05, 0.1) is 31.5 Å². The fourth-order valence-corrected chi connectivity index (χ4v) is 4.57. The monoisotopic (exact) mass is 526 g/mol. The van der Waals surface area contributed by atoms with Gasteiger partial charge in [0, 0.05) is 49.5 Å². The maximum Gasteiger partial charge on any atom is 0.265 e. The average molecular weight is 527 g/mol. The molecule has 0 radical (unpaired) electrons. The molecule has 10 heteroatoms. The Morgan fingerprint density at radius 1 is 1.10 bits per heavy atom. The Balaban J connectivity index is 1.52. The highest BCUT2D eigenvalue weighted by atomic mass is 19.1. The Morgan fingerprint density at radius 2 is 1.87 bits per heavy atom. The van der Waals surface area contributed by atoms with Crippen LogP contribution >= 0.6 is 0 Å². The largest absolute Gasteiger partial charge is 0.379 e. The first-order valence-electron chi connectivity index (χ1n) is 12.7. The van der Waals surface area contributed by atoms with Gasteiger partial charge in [0.25, 0.3) is 11.5 Å². The number of morpholine rings is 1. The van der Waals surface area contributed by atoms with Gasteiger partial charge in [-0.3, -0.25) is 24.0 Å². The molecule has 0 bridgehead atoms. The lowest BCUT2D eigenvalue weighted by Gasteiger charge is -2.27. The summed E-state index contributed by atoms with van der Waals surface area (Å²) >= 11 is 0. The summed E-state index contributed by atoms with van der Waals surface area (Å²) in [7, 11) is 0. The van der Waals surface area contributed by atoms with E-state index in [-0.39, 0.29) is 11.4 Å². The van der Waals surface area contributed by atoms with Crippen molar-refractivity contribution in [1.82, 2.24) is 24.8 Å². The van der Waals surface area contributed by atoms with Gasteiger partial charge < -0.3 is 10.1 Å². The van der Waals surface area contributed by atoms with E-state index in [0.717, 1.165) is 18.7 Å². The van der Waals surface area contributed by atoms with Gasteiger partial charge in [-0.25, -0.2) is 14.2 Å². The van der Waals surface area contributed by atoms with E-state index in [4.69, 9.17) is 11.3 Å². The van der Waals surface area contributed by atoms with Gasteiger partial charge in [0.1, 0.15) is 17.0 Å². The summed E-state index contributed by atoms with van der Waals surface area (Å²) in [5, 5.41) is 3.48. The molecule has 0 spiro atoms. The molecule has 1 saturated heterocycles. The molecule has 198 valence electrons. The van der Waals surface area contributed by atoms with Crippen molar-refractivity contribution < 1.29 is 13.9 Å². The quantitative estimate of drug-likeness (QED) is 0.367. The molecule has 1 unspecified atom stereocenters. The molecule has 1 aromatic carbocycles. The smallest absolute Gasteiger partial charge is 0.265 e. The number of hydrogen-bond acceptors (Lipinski definition) is 6. The Morgan fingerprint density at radius 3 is 2.56 bits per heavy atom. The lowest BCUT2D eigenvalue weighted by molar-refractivity contribution is 0.0364. The minimum atomic E-state index is -0.524. The number of amides is 1. The van der Waals surface area contributed by atoms with Crippen LogP contribution in [0.25, 0.3) is 27.1 Å². The van der Waals surface area contributed by atoms with Crippen LogP contribution in [-0.2, 0) is 11.3 Å². The van der Waals surface area contributed by atoms with Gasteiger partial charge >= 0.3 is 0 Å². The first kappa shape index (κ1) is 26.2. The Hall–Kier alpha value is -4.46. The Bertz CT molecular complexity index is 1590. The van der Waals surface area contributed by atoms with Gasteiger partial charge in [0.15, 0.2) is 0 Å². The fraction of sp³-hybridized carbons (Fsp3) is 0.276. The number of hydrogen-bond donors (Lipinski definition) is 1. The lowest BCUT2D eigenvalue weighted by atomic mass is 10.1. The third-order valence-electron chi connectivity index (χ3n) is 6.80. The third-order valence-corrected chi connectivity index (χ3v) is 6.80. The Kier molecular flexibility index (Phi) is 7.72. The second-order valence-corrected chi connectivity index (χ2v) is 9.37. The van der Waals surface area contributed by atoms with Crippen molar-refractivity contribution in [1.29, 1.82) is 0 Å². The van der Waals surface area contributed by atoms with E-state index >= 15 is 0 Å². The summed E-state index contributed by atoms with van der Waals surface area (Å²) in [4.78, 5) is 41.5. The number of benzene rings is 1. The first-order valence-corrected chi connectivity index (χ1v) is 12.7. The van der Waals surface area contributed by atoms with Crippen LogP contribution < -0.4 is 10.9 Å². The molecule has 4 heterocycles. The van der Waals surface area contributed by atoms with E-state index in [0.29, 0.717) is 54.3 Å². The number of aromatic nitrogens is 3. The van der Waals surface area contributed by atoms with E-state index in [9.17, 15) is 14.0 Å². The zero-order chi connectivity index (χ0) is 27.4. The highest BCUT2D eigenvalue weighted by Gasteiger charge is 2.20. The number of halogens is 1. The minimum absolute atomic E-state index is 0.00583. The molecule has 1 N–H and O–H groups in total. The number of pyridine rings is 3. The van der Waals surface area contributed by atoms with Crippen molar-refractivity contribution in [2.75, 3.05) is 32.8 Å². The topological polar surface area (TPSA) is 93.7 Å². The van der Waals surface area contributed by atoms with Crippen molar-refractivity contribution in [2.24, 2.45) is 0 Å². The number of carbonyl (C=O) groups is 1. The molecule has 9 nitrogen and oxygen atoms in total. The summed E-state index contributed by atoms with van der Waals surface area (Å²) < 4.78 is 20.3. The average Bonchev–Trinajstić information content (AvgIpc) is 2.97. The molecule has 3 aromatic heterocycles. The van der Waals surface area contributed by atoms with E-state index in [1.54, 1.807) is 48.0 Å². The summed E-state index contributed by atoms with van der Waals surface area (Å²) in [5.41, 5.74) is 2.50. The van der Waals surface area contributed by atoms with Crippen molar-refractivity contribution in [3.8, 4) is 11.3 Å². The highest BCUT2D eigenvalue weighted by molar-refractivity contribution is 5.97. The van der Waals surface area contributed by atoms with Gasteiger partial charge in [-0.1, -0.05) is 18.2 Å². The van der Waals surface area contributed by atoms with E-state index in [1.165, 1.54) is 18.3 Å².